The average molecular weight is 1050 g/mol. The van der Waals surface area contributed by atoms with Gasteiger partial charge in [0.25, 0.3) is 0 Å². The number of unbranched alkanes of at least 4 members (excludes halogenated alkanes) is 21. The van der Waals surface area contributed by atoms with Gasteiger partial charge in [-0.2, -0.15) is 0 Å². The molecule has 0 heterocycles. The standard InChI is InChI=1S/C64H108NO8P/c1-3-5-7-9-11-13-15-17-19-21-23-25-26-27-28-29-30-31-32-33-34-35-36-37-39-41-43-45-47-49-51-53-55-57-64(67)73-62(61-72-74(68,69)71-59-58-65)60-70-63(66)56-54-52-50-48-46-44-42-40-38-24-22-20-18-16-14-12-10-8-6-4-2/h5,7,11,13,17,19,23,25,27-28,30-31,33-34,36-37,41,43,47,49,62H,3-4,6,8-10,12,14-16,18,20-22,24,26,29,32,35,38-40,42,44-46,48,50-61,65H2,1-2H3,(H,68,69)/b7-5-,13-11-,19-17-,25-23-,28-27-,31-30-,34-33-,37-36-,43-41-,49-47-. The number of ether oxygens (including phenoxy) is 2. The lowest BCUT2D eigenvalue weighted by molar-refractivity contribution is -0.161. The maximum Gasteiger partial charge on any atom is 0.472 e. The van der Waals surface area contributed by atoms with Gasteiger partial charge in [0, 0.05) is 19.4 Å². The van der Waals surface area contributed by atoms with Gasteiger partial charge in [-0.05, 0) is 89.9 Å². The van der Waals surface area contributed by atoms with Crippen molar-refractivity contribution in [1.82, 2.24) is 0 Å². The van der Waals surface area contributed by atoms with E-state index in [4.69, 9.17) is 24.3 Å². The number of phosphoric acid groups is 1. The molecule has 0 aromatic carbocycles. The van der Waals surface area contributed by atoms with Gasteiger partial charge in [-0.1, -0.05) is 257 Å². The lowest BCUT2D eigenvalue weighted by atomic mass is 10.0. The van der Waals surface area contributed by atoms with E-state index in [1.807, 2.05) is 0 Å². The maximum absolute atomic E-state index is 12.7. The Morgan fingerprint density at radius 2 is 0.743 bits per heavy atom. The average Bonchev–Trinajstić information content (AvgIpc) is 3.39. The Bertz CT molecular complexity index is 1620. The molecule has 0 fully saturated rings. The molecule has 0 saturated carbocycles. The summed E-state index contributed by atoms with van der Waals surface area (Å²) in [7, 11) is -4.41. The maximum atomic E-state index is 12.7. The number of allylic oxidation sites excluding steroid dienone is 20. The van der Waals surface area contributed by atoms with Crippen LogP contribution < -0.4 is 5.73 Å². The highest BCUT2D eigenvalue weighted by atomic mass is 31.2. The van der Waals surface area contributed by atoms with E-state index >= 15 is 0 Å². The van der Waals surface area contributed by atoms with E-state index in [-0.39, 0.29) is 32.6 Å². The summed E-state index contributed by atoms with van der Waals surface area (Å²) >= 11 is 0. The monoisotopic (exact) mass is 1050 g/mol. The molecular weight excluding hydrogens is 942 g/mol. The van der Waals surface area contributed by atoms with E-state index in [9.17, 15) is 19.0 Å². The van der Waals surface area contributed by atoms with Crippen LogP contribution in [-0.2, 0) is 32.7 Å². The van der Waals surface area contributed by atoms with Crippen LogP contribution in [0.3, 0.4) is 0 Å². The summed E-state index contributed by atoms with van der Waals surface area (Å²) in [4.78, 5) is 35.2. The van der Waals surface area contributed by atoms with Gasteiger partial charge in [0.2, 0.25) is 0 Å². The van der Waals surface area contributed by atoms with Crippen molar-refractivity contribution in [3.63, 3.8) is 0 Å². The normalized spacial score (nSPS) is 13.9. The zero-order valence-corrected chi connectivity index (χ0v) is 47.9. The lowest BCUT2D eigenvalue weighted by Gasteiger charge is -2.19. The minimum atomic E-state index is -4.41. The Labute approximate surface area is 453 Å². The van der Waals surface area contributed by atoms with Crippen LogP contribution in [0.1, 0.15) is 239 Å². The van der Waals surface area contributed by atoms with Gasteiger partial charge < -0.3 is 20.1 Å². The molecule has 9 nitrogen and oxygen atoms in total. The number of carbonyl (C=O) groups is 2. The molecule has 422 valence electrons. The molecule has 2 atom stereocenters. The van der Waals surface area contributed by atoms with Crippen molar-refractivity contribution < 1.29 is 37.6 Å². The quantitative estimate of drug-likeness (QED) is 0.0264. The zero-order valence-electron chi connectivity index (χ0n) is 47.0. The van der Waals surface area contributed by atoms with E-state index in [2.05, 4.69) is 135 Å². The van der Waals surface area contributed by atoms with E-state index in [0.29, 0.717) is 6.42 Å². The molecule has 10 heteroatoms. The molecule has 0 saturated heterocycles. The summed E-state index contributed by atoms with van der Waals surface area (Å²) < 4.78 is 33.0. The fraction of sp³-hybridized carbons (Fsp3) is 0.656. The minimum Gasteiger partial charge on any atom is -0.462 e. The van der Waals surface area contributed by atoms with Crippen LogP contribution in [0.5, 0.6) is 0 Å². The highest BCUT2D eigenvalue weighted by Gasteiger charge is 2.26. The summed E-state index contributed by atoms with van der Waals surface area (Å²) in [5, 5.41) is 0. The summed E-state index contributed by atoms with van der Waals surface area (Å²) in [5.74, 6) is -0.880. The second-order valence-electron chi connectivity index (χ2n) is 19.1. The summed E-state index contributed by atoms with van der Waals surface area (Å²) in [6.07, 6.45) is 81.2. The van der Waals surface area contributed by atoms with Crippen molar-refractivity contribution in [1.29, 1.82) is 0 Å². The van der Waals surface area contributed by atoms with Gasteiger partial charge in [-0.15, -0.1) is 0 Å². The zero-order chi connectivity index (χ0) is 53.8. The van der Waals surface area contributed by atoms with Gasteiger partial charge in [-0.25, -0.2) is 4.57 Å². The molecule has 0 bridgehead atoms. The highest BCUT2D eigenvalue weighted by Crippen LogP contribution is 2.43. The smallest absolute Gasteiger partial charge is 0.462 e. The number of hydrogen-bond donors (Lipinski definition) is 2. The van der Waals surface area contributed by atoms with Gasteiger partial charge >= 0.3 is 19.8 Å². The predicted octanol–water partition coefficient (Wildman–Crippen LogP) is 18.8. The first-order chi connectivity index (χ1) is 36.3. The third kappa shape index (κ3) is 57.7. The first-order valence-corrected chi connectivity index (χ1v) is 31.0. The Morgan fingerprint density at radius 1 is 0.419 bits per heavy atom. The summed E-state index contributed by atoms with van der Waals surface area (Å²) in [6.45, 7) is 3.59. The second kappa shape index (κ2) is 58.7. The molecule has 0 radical (unpaired) electrons. The van der Waals surface area contributed by atoms with Crippen molar-refractivity contribution in [2.24, 2.45) is 5.73 Å². The molecular formula is C64H108NO8P. The summed E-state index contributed by atoms with van der Waals surface area (Å²) in [6, 6.07) is 0. The van der Waals surface area contributed by atoms with Gasteiger partial charge in [-0.3, -0.25) is 18.6 Å². The molecule has 0 amide bonds. The summed E-state index contributed by atoms with van der Waals surface area (Å²) in [5.41, 5.74) is 5.38. The molecule has 0 aromatic rings. The van der Waals surface area contributed by atoms with Gasteiger partial charge in [0.1, 0.15) is 6.61 Å². The number of nitrogens with two attached hydrogens (primary N) is 1. The molecule has 0 rings (SSSR count). The number of phosphoric ester groups is 1. The van der Waals surface area contributed by atoms with Crippen LogP contribution in [0.15, 0.2) is 122 Å². The first-order valence-electron chi connectivity index (χ1n) is 29.5. The molecule has 0 aliphatic heterocycles. The van der Waals surface area contributed by atoms with Crippen molar-refractivity contribution in [2.75, 3.05) is 26.4 Å². The van der Waals surface area contributed by atoms with Crippen LogP contribution in [0.4, 0.5) is 0 Å². The van der Waals surface area contributed by atoms with E-state index < -0.39 is 32.5 Å². The Morgan fingerprint density at radius 3 is 1.11 bits per heavy atom. The topological polar surface area (TPSA) is 134 Å². The highest BCUT2D eigenvalue weighted by molar-refractivity contribution is 7.47. The van der Waals surface area contributed by atoms with E-state index in [1.54, 1.807) is 0 Å². The van der Waals surface area contributed by atoms with Crippen LogP contribution in [0.2, 0.25) is 0 Å². The minimum absolute atomic E-state index is 0.0409. The molecule has 74 heavy (non-hydrogen) atoms. The largest absolute Gasteiger partial charge is 0.472 e. The van der Waals surface area contributed by atoms with Crippen LogP contribution in [0.25, 0.3) is 0 Å². The molecule has 0 aliphatic rings. The Kier molecular flexibility index (Phi) is 55.8. The van der Waals surface area contributed by atoms with Crippen LogP contribution >= 0.6 is 7.82 Å². The molecule has 0 aromatic heterocycles. The lowest BCUT2D eigenvalue weighted by Crippen LogP contribution is -2.29. The van der Waals surface area contributed by atoms with Gasteiger partial charge in [0.15, 0.2) is 6.10 Å². The number of carbonyl (C=O) groups excluding carboxylic acids is 2. The third-order valence-corrected chi connectivity index (χ3v) is 13.1. The first kappa shape index (κ1) is 70.4. The van der Waals surface area contributed by atoms with E-state index in [1.165, 1.54) is 109 Å². The predicted molar refractivity (Wildman–Crippen MR) is 316 cm³/mol. The van der Waals surface area contributed by atoms with Crippen molar-refractivity contribution in [3.05, 3.63) is 122 Å². The number of rotatable bonds is 54. The number of esters is 2. The van der Waals surface area contributed by atoms with E-state index in [0.717, 1.165) is 96.3 Å². The van der Waals surface area contributed by atoms with Crippen molar-refractivity contribution in [2.45, 2.75) is 245 Å². The Hall–Kier alpha value is -3.59. The van der Waals surface area contributed by atoms with Crippen LogP contribution in [0, 0.1) is 0 Å². The van der Waals surface area contributed by atoms with Gasteiger partial charge in [0.05, 0.1) is 13.2 Å². The molecule has 0 aliphatic carbocycles. The van der Waals surface area contributed by atoms with Crippen molar-refractivity contribution in [3.8, 4) is 0 Å². The third-order valence-electron chi connectivity index (χ3n) is 12.1. The molecule has 3 N–H and O–H groups in total. The second-order valence-corrected chi connectivity index (χ2v) is 20.6. The van der Waals surface area contributed by atoms with Crippen molar-refractivity contribution >= 4 is 19.8 Å². The number of hydrogen-bond acceptors (Lipinski definition) is 8. The fourth-order valence-corrected chi connectivity index (χ4v) is 8.55. The molecule has 2 unspecified atom stereocenters. The van der Waals surface area contributed by atoms with Crippen LogP contribution in [-0.4, -0.2) is 49.3 Å². The molecule has 0 spiro atoms. The Balaban J connectivity index is 4.11. The fourth-order valence-electron chi connectivity index (χ4n) is 7.78. The SMILES string of the molecule is CC/C=C\C/C=C\C/C=C\C/C=C\C/C=C\C/C=C\C/C=C\C/C=C\C/C=C\C/C=C\CCCCC(=O)OC(COC(=O)CCCCCCCCCCCCCCCCCCCCCC)COP(=O)(O)OCCN.